The van der Waals surface area contributed by atoms with Crippen molar-refractivity contribution in [3.63, 3.8) is 0 Å². The summed E-state index contributed by atoms with van der Waals surface area (Å²) in [6, 6.07) is 9.65. The number of hydrogen-bond donors (Lipinski definition) is 2. The number of aromatic nitrogens is 2. The number of carbonyl (C=O) groups excluding carboxylic acids is 1. The zero-order valence-electron chi connectivity index (χ0n) is 17.5. The molecule has 1 aromatic heterocycles. The van der Waals surface area contributed by atoms with Crippen LogP contribution in [0.5, 0.6) is 0 Å². The lowest BCUT2D eigenvalue weighted by molar-refractivity contribution is -0.119. The molecule has 0 saturated carbocycles. The molecule has 1 aromatic carbocycles. The molecule has 0 aliphatic carbocycles. The van der Waals surface area contributed by atoms with Crippen molar-refractivity contribution in [1.82, 2.24) is 9.97 Å². The normalized spacial score (nSPS) is 21.5. The van der Waals surface area contributed by atoms with Gasteiger partial charge in [0.25, 0.3) is 5.56 Å². The Kier molecular flexibility index (Phi) is 5.20. The number of benzene rings is 1. The van der Waals surface area contributed by atoms with E-state index in [1.54, 1.807) is 0 Å². The molecule has 0 spiro atoms. The number of amides is 1. The van der Waals surface area contributed by atoms with E-state index in [1.807, 2.05) is 48.2 Å². The minimum atomic E-state index is -0.993. The number of fused-ring (bicyclic) bond motifs is 1. The van der Waals surface area contributed by atoms with Crippen molar-refractivity contribution in [3.05, 3.63) is 45.7 Å². The van der Waals surface area contributed by atoms with E-state index < -0.39 is 17.7 Å². The molecule has 3 heterocycles. The zero-order valence-corrected chi connectivity index (χ0v) is 17.5. The molecule has 1 saturated heterocycles. The van der Waals surface area contributed by atoms with E-state index in [0.717, 1.165) is 37.2 Å². The minimum Gasteiger partial charge on any atom is -0.378 e. The van der Waals surface area contributed by atoms with Crippen LogP contribution < -0.4 is 20.7 Å². The first kappa shape index (κ1) is 20.0. The Morgan fingerprint density at radius 3 is 2.43 bits per heavy atom. The van der Waals surface area contributed by atoms with Gasteiger partial charge in [0, 0.05) is 38.8 Å². The van der Waals surface area contributed by atoms with Crippen LogP contribution >= 0.6 is 0 Å². The fraction of sp³-hybridized carbons (Fsp3) is 0.455. The summed E-state index contributed by atoms with van der Waals surface area (Å²) in [5.41, 5.74) is 1.77. The van der Waals surface area contributed by atoms with Gasteiger partial charge in [-0.1, -0.05) is 19.1 Å². The highest BCUT2D eigenvalue weighted by Gasteiger charge is 2.40. The standard InChI is InChI=1S/C22H26N6O2/c1-13-8-10-28(11-9-13)22-25-19-18(21(30)26-22)17(16(12-23)20(29)24-19)14-4-6-15(7-5-14)27(2)3/h4-7,13,16-17H,8-11H2,1-3H3,(H2,24,25,26,29,30). The van der Waals surface area contributed by atoms with Gasteiger partial charge in [-0.05, 0) is 36.5 Å². The second-order valence-electron chi connectivity index (χ2n) is 8.38. The molecular formula is C22H26N6O2. The summed E-state index contributed by atoms with van der Waals surface area (Å²) in [4.78, 5) is 37.3. The second kappa shape index (κ2) is 7.82. The molecule has 0 radical (unpaired) electrons. The van der Waals surface area contributed by atoms with E-state index in [1.165, 1.54) is 0 Å². The Balaban J connectivity index is 1.78. The lowest BCUT2D eigenvalue weighted by atomic mass is 9.79. The van der Waals surface area contributed by atoms with Crippen molar-refractivity contribution >= 4 is 23.4 Å². The van der Waals surface area contributed by atoms with Crippen LogP contribution in [0.2, 0.25) is 0 Å². The van der Waals surface area contributed by atoms with E-state index in [0.29, 0.717) is 17.4 Å². The van der Waals surface area contributed by atoms with Gasteiger partial charge in [-0.15, -0.1) is 0 Å². The highest BCUT2D eigenvalue weighted by atomic mass is 16.2. The van der Waals surface area contributed by atoms with Crippen LogP contribution in [0.4, 0.5) is 17.5 Å². The van der Waals surface area contributed by atoms with E-state index in [2.05, 4.69) is 28.3 Å². The number of aromatic amines is 1. The summed E-state index contributed by atoms with van der Waals surface area (Å²) in [5.74, 6) is -0.707. The van der Waals surface area contributed by atoms with Gasteiger partial charge in [-0.2, -0.15) is 10.2 Å². The van der Waals surface area contributed by atoms with Crippen LogP contribution in [-0.4, -0.2) is 43.1 Å². The predicted molar refractivity (Wildman–Crippen MR) is 116 cm³/mol. The topological polar surface area (TPSA) is 105 Å². The highest BCUT2D eigenvalue weighted by molar-refractivity contribution is 5.98. The molecule has 2 aromatic rings. The molecule has 2 atom stereocenters. The molecule has 8 nitrogen and oxygen atoms in total. The maximum Gasteiger partial charge on any atom is 0.258 e. The molecule has 4 rings (SSSR count). The quantitative estimate of drug-likeness (QED) is 0.810. The number of piperidine rings is 1. The van der Waals surface area contributed by atoms with Crippen molar-refractivity contribution in [1.29, 1.82) is 5.26 Å². The van der Waals surface area contributed by atoms with Crippen molar-refractivity contribution in [3.8, 4) is 6.07 Å². The third-order valence-corrected chi connectivity index (χ3v) is 6.10. The average molecular weight is 406 g/mol. The zero-order chi connectivity index (χ0) is 21.4. The third kappa shape index (κ3) is 3.52. The predicted octanol–water partition coefficient (Wildman–Crippen LogP) is 2.30. The molecule has 2 N–H and O–H groups in total. The number of rotatable bonds is 3. The maximum absolute atomic E-state index is 13.1. The number of nitriles is 1. The van der Waals surface area contributed by atoms with Crippen LogP contribution in [0.25, 0.3) is 0 Å². The minimum absolute atomic E-state index is 0.255. The average Bonchev–Trinajstić information content (AvgIpc) is 2.73. The molecule has 2 aliphatic rings. The summed E-state index contributed by atoms with van der Waals surface area (Å²) in [6.45, 7) is 3.84. The van der Waals surface area contributed by atoms with Crippen molar-refractivity contribution in [2.45, 2.75) is 25.7 Å². The lowest BCUT2D eigenvalue weighted by Crippen LogP contribution is -2.40. The largest absolute Gasteiger partial charge is 0.378 e. The van der Waals surface area contributed by atoms with Gasteiger partial charge in [0.1, 0.15) is 11.7 Å². The van der Waals surface area contributed by atoms with Crippen LogP contribution in [0, 0.1) is 23.2 Å². The smallest absolute Gasteiger partial charge is 0.258 e. The summed E-state index contributed by atoms with van der Waals surface area (Å²) in [7, 11) is 3.88. The van der Waals surface area contributed by atoms with Gasteiger partial charge in [0.2, 0.25) is 11.9 Å². The second-order valence-corrected chi connectivity index (χ2v) is 8.38. The van der Waals surface area contributed by atoms with Crippen molar-refractivity contribution in [2.75, 3.05) is 42.3 Å². The van der Waals surface area contributed by atoms with E-state index in [-0.39, 0.29) is 11.4 Å². The van der Waals surface area contributed by atoms with Gasteiger partial charge >= 0.3 is 0 Å². The fourth-order valence-electron chi connectivity index (χ4n) is 4.21. The Morgan fingerprint density at radius 1 is 1.17 bits per heavy atom. The van der Waals surface area contributed by atoms with Crippen LogP contribution in [-0.2, 0) is 4.79 Å². The van der Waals surface area contributed by atoms with Gasteiger partial charge in [0.15, 0.2) is 0 Å². The number of H-pyrrole nitrogens is 1. The van der Waals surface area contributed by atoms with Crippen LogP contribution in [0.3, 0.4) is 0 Å². The van der Waals surface area contributed by atoms with Crippen molar-refractivity contribution in [2.24, 2.45) is 11.8 Å². The summed E-state index contributed by atoms with van der Waals surface area (Å²) in [5, 5.41) is 12.4. The number of anilines is 3. The van der Waals surface area contributed by atoms with Crippen molar-refractivity contribution < 1.29 is 4.79 Å². The molecular weight excluding hydrogens is 380 g/mol. The van der Waals surface area contributed by atoms with Gasteiger partial charge < -0.3 is 15.1 Å². The van der Waals surface area contributed by atoms with Gasteiger partial charge in [-0.25, -0.2) is 0 Å². The highest BCUT2D eigenvalue weighted by Crippen LogP contribution is 2.38. The number of carbonyl (C=O) groups is 1. The van der Waals surface area contributed by atoms with Gasteiger partial charge in [-0.3, -0.25) is 14.6 Å². The number of hydrogen-bond acceptors (Lipinski definition) is 6. The monoisotopic (exact) mass is 406 g/mol. The van der Waals surface area contributed by atoms with Crippen LogP contribution in [0.1, 0.15) is 36.8 Å². The Labute approximate surface area is 175 Å². The SMILES string of the molecule is CC1CCN(c2nc3c(c(=O)[nH]2)C(c2ccc(N(C)C)cc2)C(C#N)C(=O)N3)CC1. The Bertz CT molecular complexity index is 1040. The molecule has 1 fully saturated rings. The van der Waals surface area contributed by atoms with E-state index in [9.17, 15) is 14.9 Å². The number of nitrogens with zero attached hydrogens (tertiary/aromatic N) is 4. The summed E-state index contributed by atoms with van der Waals surface area (Å²) < 4.78 is 0. The first-order valence-corrected chi connectivity index (χ1v) is 10.3. The molecule has 156 valence electrons. The molecule has 2 aliphatic heterocycles. The van der Waals surface area contributed by atoms with E-state index in [4.69, 9.17) is 0 Å². The first-order valence-electron chi connectivity index (χ1n) is 10.3. The fourth-order valence-corrected chi connectivity index (χ4v) is 4.21. The van der Waals surface area contributed by atoms with Gasteiger partial charge in [0.05, 0.1) is 11.6 Å². The molecule has 2 unspecified atom stereocenters. The molecule has 0 bridgehead atoms. The Hall–Kier alpha value is -3.34. The van der Waals surface area contributed by atoms with Crippen LogP contribution in [0.15, 0.2) is 29.1 Å². The lowest BCUT2D eigenvalue weighted by Gasteiger charge is -2.33. The molecule has 1 amide bonds. The molecule has 8 heteroatoms. The van der Waals surface area contributed by atoms with E-state index >= 15 is 0 Å². The first-order chi connectivity index (χ1) is 14.4. The third-order valence-electron chi connectivity index (χ3n) is 6.10. The molecule has 30 heavy (non-hydrogen) atoms. The summed E-state index contributed by atoms with van der Waals surface area (Å²) >= 11 is 0. The number of nitrogens with one attached hydrogen (secondary N) is 2. The summed E-state index contributed by atoms with van der Waals surface area (Å²) in [6.07, 6.45) is 2.06. The maximum atomic E-state index is 13.1. The Morgan fingerprint density at radius 2 is 1.83 bits per heavy atom.